The highest BCUT2D eigenvalue weighted by Crippen LogP contribution is 1.93. The molecular formula is C7H10O4. The van der Waals surface area contributed by atoms with Gasteiger partial charge in [0.15, 0.2) is 0 Å². The van der Waals surface area contributed by atoms with E-state index in [4.69, 9.17) is 5.11 Å². The maximum absolute atomic E-state index is 10.2. The summed E-state index contributed by atoms with van der Waals surface area (Å²) in [5.41, 5.74) is 0.507. The average Bonchev–Trinajstić information content (AvgIpc) is 1.82. The van der Waals surface area contributed by atoms with Crippen LogP contribution in [-0.2, 0) is 14.3 Å². The fraction of sp³-hybridized carbons (Fsp3) is 0.429. The number of hydrogen-bond acceptors (Lipinski definition) is 3. The second kappa shape index (κ2) is 4.49. The second-order valence-electron chi connectivity index (χ2n) is 2.11. The van der Waals surface area contributed by atoms with Gasteiger partial charge < -0.3 is 9.84 Å². The van der Waals surface area contributed by atoms with Gasteiger partial charge in [0, 0.05) is 13.0 Å². The van der Waals surface area contributed by atoms with E-state index in [9.17, 15) is 9.59 Å². The highest BCUT2D eigenvalue weighted by molar-refractivity contribution is 5.80. The molecular weight excluding hydrogens is 148 g/mol. The molecule has 0 spiro atoms. The van der Waals surface area contributed by atoms with Crippen LogP contribution in [0.2, 0.25) is 0 Å². The van der Waals surface area contributed by atoms with Crippen molar-refractivity contribution in [1.82, 2.24) is 0 Å². The Kier molecular flexibility index (Phi) is 3.95. The summed E-state index contributed by atoms with van der Waals surface area (Å²) in [5, 5.41) is 8.23. The molecule has 0 radical (unpaired) electrons. The van der Waals surface area contributed by atoms with Crippen molar-refractivity contribution < 1.29 is 19.4 Å². The van der Waals surface area contributed by atoms with Gasteiger partial charge in [-0.15, -0.1) is 0 Å². The van der Waals surface area contributed by atoms with Crippen molar-refractivity contribution in [1.29, 1.82) is 0 Å². The SMILES string of the molecule is CC(=O)OC/C(C)=C\C(=O)O. The molecule has 0 amide bonds. The molecule has 0 bridgehead atoms. The number of carbonyl (C=O) groups is 2. The Bertz CT molecular complexity index is 193. The third-order valence-corrected chi connectivity index (χ3v) is 0.873. The molecule has 0 saturated carbocycles. The molecule has 0 atom stereocenters. The Labute approximate surface area is 64.5 Å². The lowest BCUT2D eigenvalue weighted by Crippen LogP contribution is -2.02. The summed E-state index contributed by atoms with van der Waals surface area (Å²) >= 11 is 0. The van der Waals surface area contributed by atoms with Gasteiger partial charge in [-0.25, -0.2) is 4.79 Å². The van der Waals surface area contributed by atoms with Crippen molar-refractivity contribution in [2.24, 2.45) is 0 Å². The largest absolute Gasteiger partial charge is 0.478 e. The number of hydrogen-bond donors (Lipinski definition) is 1. The van der Waals surface area contributed by atoms with E-state index in [1.807, 2.05) is 0 Å². The predicted molar refractivity (Wildman–Crippen MR) is 38.0 cm³/mol. The molecule has 0 saturated heterocycles. The van der Waals surface area contributed by atoms with E-state index in [2.05, 4.69) is 4.74 Å². The standard InChI is InChI=1S/C7H10O4/c1-5(3-7(9)10)4-11-6(2)8/h3H,4H2,1-2H3,(H,9,10)/b5-3-. The summed E-state index contributed by atoms with van der Waals surface area (Å²) in [5.74, 6) is -1.45. The molecule has 0 rings (SSSR count). The zero-order valence-electron chi connectivity index (χ0n) is 6.46. The number of carboxylic acid groups (broad SMARTS) is 1. The van der Waals surface area contributed by atoms with Crippen molar-refractivity contribution in [2.45, 2.75) is 13.8 Å². The minimum Gasteiger partial charge on any atom is -0.478 e. The van der Waals surface area contributed by atoms with Crippen molar-refractivity contribution in [3.63, 3.8) is 0 Å². The normalized spacial score (nSPS) is 10.9. The van der Waals surface area contributed by atoms with Crippen LogP contribution in [0, 0.1) is 0 Å². The molecule has 0 aromatic carbocycles. The Morgan fingerprint density at radius 2 is 2.00 bits per heavy atom. The number of carbonyl (C=O) groups excluding carboxylic acids is 1. The monoisotopic (exact) mass is 158 g/mol. The Morgan fingerprint density at radius 3 is 2.36 bits per heavy atom. The van der Waals surface area contributed by atoms with Gasteiger partial charge in [-0.2, -0.15) is 0 Å². The van der Waals surface area contributed by atoms with Gasteiger partial charge in [0.2, 0.25) is 0 Å². The third-order valence-electron chi connectivity index (χ3n) is 0.873. The molecule has 11 heavy (non-hydrogen) atoms. The first-order valence-corrected chi connectivity index (χ1v) is 3.06. The van der Waals surface area contributed by atoms with Crippen molar-refractivity contribution in [3.05, 3.63) is 11.6 Å². The Balaban J connectivity index is 3.77. The van der Waals surface area contributed by atoms with Crippen LogP contribution in [0.1, 0.15) is 13.8 Å². The fourth-order valence-electron chi connectivity index (χ4n) is 0.468. The van der Waals surface area contributed by atoms with Crippen LogP contribution in [-0.4, -0.2) is 23.7 Å². The van der Waals surface area contributed by atoms with Gasteiger partial charge in [-0.3, -0.25) is 4.79 Å². The molecule has 1 N–H and O–H groups in total. The molecule has 0 aromatic heterocycles. The van der Waals surface area contributed by atoms with Crippen LogP contribution in [0.5, 0.6) is 0 Å². The van der Waals surface area contributed by atoms with Gasteiger partial charge in [0.05, 0.1) is 0 Å². The summed E-state index contributed by atoms with van der Waals surface area (Å²) in [6, 6.07) is 0. The molecule has 4 nitrogen and oxygen atoms in total. The predicted octanol–water partition coefficient (Wildman–Crippen LogP) is 0.580. The Hall–Kier alpha value is -1.32. The minimum absolute atomic E-state index is 0.0433. The van der Waals surface area contributed by atoms with Crippen LogP contribution in [0.15, 0.2) is 11.6 Å². The lowest BCUT2D eigenvalue weighted by atomic mass is 10.3. The van der Waals surface area contributed by atoms with Gasteiger partial charge in [-0.05, 0) is 12.5 Å². The maximum atomic E-state index is 10.2. The summed E-state index contributed by atoms with van der Waals surface area (Å²) < 4.78 is 4.53. The summed E-state index contributed by atoms with van der Waals surface area (Å²) in [6.07, 6.45) is 1.00. The van der Waals surface area contributed by atoms with Crippen molar-refractivity contribution in [3.8, 4) is 0 Å². The minimum atomic E-state index is -1.03. The van der Waals surface area contributed by atoms with E-state index < -0.39 is 11.9 Å². The van der Waals surface area contributed by atoms with Gasteiger partial charge in [-0.1, -0.05) is 0 Å². The second-order valence-corrected chi connectivity index (χ2v) is 2.11. The number of ether oxygens (including phenoxy) is 1. The van der Waals surface area contributed by atoms with E-state index >= 15 is 0 Å². The van der Waals surface area contributed by atoms with Crippen molar-refractivity contribution in [2.75, 3.05) is 6.61 Å². The smallest absolute Gasteiger partial charge is 0.328 e. The molecule has 62 valence electrons. The third kappa shape index (κ3) is 6.57. The molecule has 4 heteroatoms. The quantitative estimate of drug-likeness (QED) is 0.482. The first kappa shape index (κ1) is 9.68. The number of esters is 1. The number of aliphatic carboxylic acids is 1. The zero-order chi connectivity index (χ0) is 8.85. The van der Waals surface area contributed by atoms with Crippen LogP contribution in [0.3, 0.4) is 0 Å². The zero-order valence-corrected chi connectivity index (χ0v) is 6.46. The molecule has 0 fully saturated rings. The highest BCUT2D eigenvalue weighted by atomic mass is 16.5. The number of carboxylic acids is 1. The molecule has 0 aliphatic heterocycles. The van der Waals surface area contributed by atoms with Gasteiger partial charge >= 0.3 is 11.9 Å². The summed E-state index contributed by atoms with van der Waals surface area (Å²) in [4.78, 5) is 20.3. The first-order valence-electron chi connectivity index (χ1n) is 3.06. The van der Waals surface area contributed by atoms with E-state index in [1.165, 1.54) is 6.92 Å². The maximum Gasteiger partial charge on any atom is 0.328 e. The van der Waals surface area contributed by atoms with Gasteiger partial charge in [0.25, 0.3) is 0 Å². The lowest BCUT2D eigenvalue weighted by Gasteiger charge is -1.99. The molecule has 0 aromatic rings. The van der Waals surface area contributed by atoms with E-state index in [1.54, 1.807) is 6.92 Å². The van der Waals surface area contributed by atoms with Crippen molar-refractivity contribution >= 4 is 11.9 Å². The first-order chi connectivity index (χ1) is 5.02. The summed E-state index contributed by atoms with van der Waals surface area (Å²) in [7, 11) is 0. The molecule has 0 aliphatic rings. The van der Waals surface area contributed by atoms with E-state index in [-0.39, 0.29) is 6.61 Å². The lowest BCUT2D eigenvalue weighted by molar-refractivity contribution is -0.140. The van der Waals surface area contributed by atoms with E-state index in [0.717, 1.165) is 6.08 Å². The number of rotatable bonds is 3. The molecule has 0 aliphatic carbocycles. The van der Waals surface area contributed by atoms with Crippen LogP contribution >= 0.6 is 0 Å². The van der Waals surface area contributed by atoms with Crippen LogP contribution in [0.4, 0.5) is 0 Å². The topological polar surface area (TPSA) is 63.6 Å². The Morgan fingerprint density at radius 1 is 1.45 bits per heavy atom. The molecule has 0 heterocycles. The molecule has 0 unspecified atom stereocenters. The van der Waals surface area contributed by atoms with E-state index in [0.29, 0.717) is 5.57 Å². The van der Waals surface area contributed by atoms with Crippen LogP contribution in [0.25, 0.3) is 0 Å². The van der Waals surface area contributed by atoms with Gasteiger partial charge in [0.1, 0.15) is 6.61 Å². The van der Waals surface area contributed by atoms with Crippen LogP contribution < -0.4 is 0 Å². The highest BCUT2D eigenvalue weighted by Gasteiger charge is 1.96. The summed E-state index contributed by atoms with van der Waals surface area (Å²) in [6.45, 7) is 2.90. The average molecular weight is 158 g/mol. The fourth-order valence-corrected chi connectivity index (χ4v) is 0.468.